The highest BCUT2D eigenvalue weighted by atomic mass is 16.5. The van der Waals surface area contributed by atoms with E-state index in [1.807, 2.05) is 6.92 Å². The van der Waals surface area contributed by atoms with Gasteiger partial charge in [0.25, 0.3) is 0 Å². The molecule has 0 aliphatic carbocycles. The summed E-state index contributed by atoms with van der Waals surface area (Å²) in [4.78, 5) is 12.1. The summed E-state index contributed by atoms with van der Waals surface area (Å²) in [6, 6.07) is 3.34. The van der Waals surface area contributed by atoms with Gasteiger partial charge < -0.3 is 19.5 Å². The molecule has 0 fully saturated rings. The quantitative estimate of drug-likeness (QED) is 0.746. The first-order valence-corrected chi connectivity index (χ1v) is 5.71. The Morgan fingerprint density at radius 3 is 2.06 bits per heavy atom. The number of rotatable bonds is 7. The Balaban J connectivity index is 3.18. The van der Waals surface area contributed by atoms with Gasteiger partial charge in [-0.25, -0.2) is 0 Å². The van der Waals surface area contributed by atoms with Gasteiger partial charge in [-0.3, -0.25) is 4.79 Å². The highest BCUT2D eigenvalue weighted by Crippen LogP contribution is 2.34. The molecule has 1 aromatic rings. The summed E-state index contributed by atoms with van der Waals surface area (Å²) in [7, 11) is 4.57. The minimum absolute atomic E-state index is 0.0757. The molecule has 1 aromatic carbocycles. The highest BCUT2D eigenvalue weighted by Gasteiger charge is 2.19. The number of ketones is 1. The molecule has 0 amide bonds. The molecule has 0 unspecified atom stereocenters. The van der Waals surface area contributed by atoms with Gasteiger partial charge in [0.2, 0.25) is 0 Å². The number of likely N-dealkylation sites (N-methyl/N-ethyl adjacent to an activating group) is 1. The lowest BCUT2D eigenvalue weighted by Crippen LogP contribution is -2.23. The predicted octanol–water partition coefficient (Wildman–Crippen LogP) is 1.50. The van der Waals surface area contributed by atoms with Crippen molar-refractivity contribution in [3.05, 3.63) is 17.7 Å². The van der Waals surface area contributed by atoms with Crippen molar-refractivity contribution < 1.29 is 19.0 Å². The minimum Gasteiger partial charge on any atom is -0.496 e. The summed E-state index contributed by atoms with van der Waals surface area (Å²) >= 11 is 0. The van der Waals surface area contributed by atoms with Crippen molar-refractivity contribution in [3.63, 3.8) is 0 Å². The number of carbonyl (C=O) groups excluding carboxylic acids is 1. The van der Waals surface area contributed by atoms with Crippen LogP contribution in [0.5, 0.6) is 17.2 Å². The van der Waals surface area contributed by atoms with E-state index < -0.39 is 0 Å². The van der Waals surface area contributed by atoms with Crippen molar-refractivity contribution in [1.29, 1.82) is 0 Å². The van der Waals surface area contributed by atoms with E-state index in [0.717, 1.165) is 6.54 Å². The largest absolute Gasteiger partial charge is 0.496 e. The molecule has 0 saturated carbocycles. The number of methoxy groups -OCH3 is 3. The van der Waals surface area contributed by atoms with Crippen LogP contribution < -0.4 is 19.5 Å². The van der Waals surface area contributed by atoms with Gasteiger partial charge in [-0.2, -0.15) is 0 Å². The average molecular weight is 253 g/mol. The van der Waals surface area contributed by atoms with Crippen molar-refractivity contribution in [2.75, 3.05) is 34.4 Å². The Morgan fingerprint density at radius 1 is 1.11 bits per heavy atom. The van der Waals surface area contributed by atoms with Gasteiger partial charge in [-0.1, -0.05) is 6.92 Å². The zero-order valence-corrected chi connectivity index (χ0v) is 11.2. The minimum atomic E-state index is -0.0757. The maximum atomic E-state index is 12.1. The van der Waals surface area contributed by atoms with Crippen LogP contribution in [-0.2, 0) is 0 Å². The molecule has 0 bridgehead atoms. The number of nitrogens with one attached hydrogen (secondary N) is 1. The Bertz CT molecular complexity index is 392. The van der Waals surface area contributed by atoms with Crippen molar-refractivity contribution >= 4 is 5.78 Å². The van der Waals surface area contributed by atoms with Gasteiger partial charge in [0.1, 0.15) is 22.8 Å². The number of benzene rings is 1. The standard InChI is InChI=1S/C13H19NO4/c1-5-14-8-10(15)13-11(17-3)6-9(16-2)7-12(13)18-4/h6-7,14H,5,8H2,1-4H3. The van der Waals surface area contributed by atoms with Crippen molar-refractivity contribution in [3.8, 4) is 17.2 Å². The van der Waals surface area contributed by atoms with E-state index in [-0.39, 0.29) is 12.3 Å². The number of ether oxygens (including phenoxy) is 3. The molecule has 0 aromatic heterocycles. The van der Waals surface area contributed by atoms with E-state index >= 15 is 0 Å². The summed E-state index contributed by atoms with van der Waals surface area (Å²) in [5.74, 6) is 1.42. The first-order chi connectivity index (χ1) is 8.67. The molecule has 0 atom stereocenters. The summed E-state index contributed by atoms with van der Waals surface area (Å²) in [5, 5.41) is 2.99. The molecule has 0 saturated heterocycles. The lowest BCUT2D eigenvalue weighted by molar-refractivity contribution is 0.0985. The van der Waals surface area contributed by atoms with Crippen LogP contribution in [-0.4, -0.2) is 40.2 Å². The summed E-state index contributed by atoms with van der Waals surface area (Å²) in [6.45, 7) is 2.91. The third-order valence-electron chi connectivity index (χ3n) is 2.53. The normalized spacial score (nSPS) is 10.0. The molecule has 5 heteroatoms. The fourth-order valence-electron chi connectivity index (χ4n) is 1.61. The van der Waals surface area contributed by atoms with Crippen molar-refractivity contribution in [1.82, 2.24) is 5.32 Å². The topological polar surface area (TPSA) is 56.8 Å². The van der Waals surface area contributed by atoms with Gasteiger partial charge in [0.05, 0.1) is 27.9 Å². The first-order valence-electron chi connectivity index (χ1n) is 5.71. The summed E-state index contributed by atoms with van der Waals surface area (Å²) in [6.07, 6.45) is 0. The molecule has 5 nitrogen and oxygen atoms in total. The number of hydrogen-bond acceptors (Lipinski definition) is 5. The molecule has 1 N–H and O–H groups in total. The monoisotopic (exact) mass is 253 g/mol. The molecule has 0 radical (unpaired) electrons. The van der Waals surface area contributed by atoms with Crippen LogP contribution in [0.25, 0.3) is 0 Å². The molecule has 1 rings (SSSR count). The van der Waals surface area contributed by atoms with E-state index in [2.05, 4.69) is 5.32 Å². The van der Waals surface area contributed by atoms with Crippen molar-refractivity contribution in [2.45, 2.75) is 6.92 Å². The van der Waals surface area contributed by atoms with E-state index in [4.69, 9.17) is 14.2 Å². The van der Waals surface area contributed by atoms with E-state index in [1.54, 1.807) is 19.2 Å². The molecule has 0 aliphatic heterocycles. The van der Waals surface area contributed by atoms with Gasteiger partial charge in [0, 0.05) is 12.1 Å². The van der Waals surface area contributed by atoms with Crippen LogP contribution in [0.15, 0.2) is 12.1 Å². The SMILES string of the molecule is CCNCC(=O)c1c(OC)cc(OC)cc1OC. The molecule has 0 aliphatic rings. The Hall–Kier alpha value is -1.75. The Labute approximate surface area is 107 Å². The van der Waals surface area contributed by atoms with Crippen LogP contribution in [0, 0.1) is 0 Å². The molecule has 0 spiro atoms. The average Bonchev–Trinajstić information content (AvgIpc) is 2.42. The Kier molecular flexibility index (Phi) is 5.45. The molecule has 0 heterocycles. The van der Waals surface area contributed by atoms with E-state index in [9.17, 15) is 4.79 Å². The highest BCUT2D eigenvalue weighted by molar-refractivity contribution is 6.03. The lowest BCUT2D eigenvalue weighted by Gasteiger charge is -2.14. The number of carbonyl (C=O) groups is 1. The summed E-state index contributed by atoms with van der Waals surface area (Å²) < 4.78 is 15.6. The predicted molar refractivity (Wildman–Crippen MR) is 69.0 cm³/mol. The number of Topliss-reactive ketones (excluding diaryl/α,β-unsaturated/α-hetero) is 1. The third kappa shape index (κ3) is 3.13. The summed E-state index contributed by atoms with van der Waals surface area (Å²) in [5.41, 5.74) is 0.432. The zero-order chi connectivity index (χ0) is 13.5. The molecular formula is C13H19NO4. The lowest BCUT2D eigenvalue weighted by atomic mass is 10.1. The second kappa shape index (κ2) is 6.86. The maximum absolute atomic E-state index is 12.1. The second-order valence-corrected chi connectivity index (χ2v) is 3.61. The Morgan fingerprint density at radius 2 is 1.67 bits per heavy atom. The fraction of sp³-hybridized carbons (Fsp3) is 0.462. The fourth-order valence-corrected chi connectivity index (χ4v) is 1.61. The second-order valence-electron chi connectivity index (χ2n) is 3.61. The van der Waals surface area contributed by atoms with Gasteiger partial charge in [0.15, 0.2) is 5.78 Å². The van der Waals surface area contributed by atoms with Gasteiger partial charge >= 0.3 is 0 Å². The maximum Gasteiger partial charge on any atom is 0.184 e. The van der Waals surface area contributed by atoms with Gasteiger partial charge in [-0.15, -0.1) is 0 Å². The third-order valence-corrected chi connectivity index (χ3v) is 2.53. The smallest absolute Gasteiger partial charge is 0.184 e. The van der Waals surface area contributed by atoms with E-state index in [1.165, 1.54) is 14.2 Å². The van der Waals surface area contributed by atoms with Crippen molar-refractivity contribution in [2.24, 2.45) is 0 Å². The van der Waals surface area contributed by atoms with Crippen LogP contribution in [0.2, 0.25) is 0 Å². The van der Waals surface area contributed by atoms with Crippen LogP contribution >= 0.6 is 0 Å². The van der Waals surface area contributed by atoms with E-state index in [0.29, 0.717) is 22.8 Å². The number of hydrogen-bond donors (Lipinski definition) is 1. The first kappa shape index (κ1) is 14.3. The zero-order valence-electron chi connectivity index (χ0n) is 11.2. The molecule has 100 valence electrons. The molecule has 18 heavy (non-hydrogen) atoms. The van der Waals surface area contributed by atoms with Gasteiger partial charge in [-0.05, 0) is 6.54 Å². The van der Waals surface area contributed by atoms with Crippen LogP contribution in [0.3, 0.4) is 0 Å². The van der Waals surface area contributed by atoms with Crippen LogP contribution in [0.1, 0.15) is 17.3 Å². The van der Waals surface area contributed by atoms with Crippen LogP contribution in [0.4, 0.5) is 0 Å². The molecular weight excluding hydrogens is 234 g/mol.